The third-order valence-corrected chi connectivity index (χ3v) is 4.07. The topological polar surface area (TPSA) is 100 Å². The minimum absolute atomic E-state index is 0.277. The lowest BCUT2D eigenvalue weighted by atomic mass is 10.3. The Morgan fingerprint density at radius 3 is 1.79 bits per heavy atom. The van der Waals surface area contributed by atoms with Crippen LogP contribution in [0.5, 0.6) is 0 Å². The van der Waals surface area contributed by atoms with E-state index in [1.54, 1.807) is 12.1 Å². The van der Waals surface area contributed by atoms with Gasteiger partial charge in [0, 0.05) is 11.4 Å². The highest BCUT2D eigenvalue weighted by molar-refractivity contribution is 9.10. The van der Waals surface area contributed by atoms with Crippen LogP contribution in [0.15, 0.2) is 87.0 Å². The van der Waals surface area contributed by atoms with E-state index in [4.69, 9.17) is 4.42 Å². The van der Waals surface area contributed by atoms with Gasteiger partial charge in [-0.25, -0.2) is 5.43 Å². The molecule has 0 spiro atoms. The van der Waals surface area contributed by atoms with Crippen molar-refractivity contribution in [2.45, 2.75) is 0 Å². The molecule has 0 atom stereocenters. The SMILES string of the molecule is Brc1ccc(/C=N\Nc2nc(Nc3ccccc3)nc(Nc3ccccc3)n2)o1. The van der Waals surface area contributed by atoms with Crippen molar-refractivity contribution >= 4 is 51.4 Å². The molecular weight excluding hydrogens is 434 g/mol. The van der Waals surface area contributed by atoms with Crippen LogP contribution in [-0.2, 0) is 0 Å². The molecule has 0 amide bonds. The summed E-state index contributed by atoms with van der Waals surface area (Å²) in [6, 6.07) is 22.9. The standard InChI is InChI=1S/C20H16BrN7O/c21-17-12-11-16(29-17)13-22-28-20-26-18(23-14-7-3-1-4-8-14)25-19(27-20)24-15-9-5-2-6-10-15/h1-13H,(H3,23,24,25,26,27,28)/b22-13-. The number of hydrogen-bond acceptors (Lipinski definition) is 8. The van der Waals surface area contributed by atoms with Crippen molar-refractivity contribution in [3.05, 3.63) is 83.2 Å². The molecule has 9 heteroatoms. The lowest BCUT2D eigenvalue weighted by Gasteiger charge is -2.10. The summed E-state index contributed by atoms with van der Waals surface area (Å²) in [5.41, 5.74) is 4.53. The molecule has 0 aliphatic heterocycles. The highest BCUT2D eigenvalue weighted by Crippen LogP contribution is 2.18. The minimum Gasteiger partial charge on any atom is -0.448 e. The highest BCUT2D eigenvalue weighted by atomic mass is 79.9. The van der Waals surface area contributed by atoms with Crippen molar-refractivity contribution in [1.29, 1.82) is 0 Å². The first-order valence-electron chi connectivity index (χ1n) is 8.69. The van der Waals surface area contributed by atoms with Crippen LogP contribution in [0.4, 0.5) is 29.2 Å². The number of halogens is 1. The summed E-state index contributed by atoms with van der Waals surface area (Å²) in [6.45, 7) is 0. The highest BCUT2D eigenvalue weighted by Gasteiger charge is 2.07. The predicted molar refractivity (Wildman–Crippen MR) is 117 cm³/mol. The second kappa shape index (κ2) is 8.98. The van der Waals surface area contributed by atoms with E-state index < -0.39 is 0 Å². The van der Waals surface area contributed by atoms with E-state index >= 15 is 0 Å². The smallest absolute Gasteiger partial charge is 0.250 e. The van der Waals surface area contributed by atoms with Crippen molar-refractivity contribution in [3.8, 4) is 0 Å². The van der Waals surface area contributed by atoms with Gasteiger partial charge >= 0.3 is 0 Å². The molecule has 0 saturated carbocycles. The van der Waals surface area contributed by atoms with Gasteiger partial charge in [0.05, 0.1) is 6.21 Å². The molecule has 4 rings (SSSR count). The average molecular weight is 450 g/mol. The van der Waals surface area contributed by atoms with E-state index in [2.05, 4.69) is 52.0 Å². The van der Waals surface area contributed by atoms with Crippen molar-refractivity contribution < 1.29 is 4.42 Å². The number of benzene rings is 2. The Morgan fingerprint density at radius 1 is 0.724 bits per heavy atom. The molecule has 4 aromatic rings. The maximum absolute atomic E-state index is 5.38. The molecule has 0 bridgehead atoms. The molecule has 2 aromatic carbocycles. The van der Waals surface area contributed by atoms with Gasteiger partial charge in [0.25, 0.3) is 0 Å². The Balaban J connectivity index is 1.57. The molecule has 2 aromatic heterocycles. The fraction of sp³-hybridized carbons (Fsp3) is 0. The molecule has 0 radical (unpaired) electrons. The zero-order chi connectivity index (χ0) is 19.9. The predicted octanol–water partition coefficient (Wildman–Crippen LogP) is 5.16. The second-order valence-corrected chi connectivity index (χ2v) is 6.58. The molecule has 8 nitrogen and oxygen atoms in total. The summed E-state index contributed by atoms with van der Waals surface area (Å²) in [5.74, 6) is 1.62. The first-order valence-corrected chi connectivity index (χ1v) is 9.48. The Kier molecular flexibility index (Phi) is 5.77. The number of anilines is 5. The van der Waals surface area contributed by atoms with E-state index in [0.717, 1.165) is 11.4 Å². The normalized spacial score (nSPS) is 10.8. The van der Waals surface area contributed by atoms with Crippen molar-refractivity contribution in [2.24, 2.45) is 5.10 Å². The number of aromatic nitrogens is 3. The van der Waals surface area contributed by atoms with Crippen LogP contribution < -0.4 is 16.1 Å². The molecule has 29 heavy (non-hydrogen) atoms. The van der Waals surface area contributed by atoms with Gasteiger partial charge in [0.1, 0.15) is 5.76 Å². The number of nitrogens with one attached hydrogen (secondary N) is 3. The Hall–Kier alpha value is -3.72. The van der Waals surface area contributed by atoms with E-state index in [9.17, 15) is 0 Å². The van der Waals surface area contributed by atoms with Gasteiger partial charge in [-0.3, -0.25) is 0 Å². The van der Waals surface area contributed by atoms with Crippen LogP contribution >= 0.6 is 15.9 Å². The van der Waals surface area contributed by atoms with Gasteiger partial charge in [0.2, 0.25) is 17.8 Å². The molecule has 144 valence electrons. The van der Waals surface area contributed by atoms with Crippen LogP contribution in [0.25, 0.3) is 0 Å². The number of furan rings is 1. The number of nitrogens with zero attached hydrogens (tertiary/aromatic N) is 4. The maximum Gasteiger partial charge on any atom is 0.250 e. The maximum atomic E-state index is 5.38. The molecule has 0 fully saturated rings. The molecule has 0 aliphatic carbocycles. The first-order chi connectivity index (χ1) is 14.2. The second-order valence-electron chi connectivity index (χ2n) is 5.80. The summed E-state index contributed by atoms with van der Waals surface area (Å²) >= 11 is 3.25. The fourth-order valence-electron chi connectivity index (χ4n) is 2.39. The van der Waals surface area contributed by atoms with Gasteiger partial charge in [0.15, 0.2) is 4.67 Å². The Morgan fingerprint density at radius 2 is 1.28 bits per heavy atom. The number of hydrazone groups is 1. The third kappa shape index (κ3) is 5.39. The monoisotopic (exact) mass is 449 g/mol. The van der Waals surface area contributed by atoms with Crippen LogP contribution in [0.1, 0.15) is 5.76 Å². The molecule has 0 unspecified atom stereocenters. The average Bonchev–Trinajstić information content (AvgIpc) is 3.14. The van der Waals surface area contributed by atoms with Crippen molar-refractivity contribution in [2.75, 3.05) is 16.1 Å². The van der Waals surface area contributed by atoms with Crippen LogP contribution in [0.3, 0.4) is 0 Å². The minimum atomic E-state index is 0.277. The third-order valence-electron chi connectivity index (χ3n) is 3.65. The summed E-state index contributed by atoms with van der Waals surface area (Å²) in [7, 11) is 0. The summed E-state index contributed by atoms with van der Waals surface area (Å²) in [5, 5.41) is 10.4. The first kappa shape index (κ1) is 18.6. The molecule has 2 heterocycles. The molecule has 0 aliphatic rings. The molecule has 3 N–H and O–H groups in total. The van der Waals surface area contributed by atoms with Crippen LogP contribution in [-0.4, -0.2) is 21.2 Å². The van der Waals surface area contributed by atoms with Gasteiger partial charge in [-0.15, -0.1) is 0 Å². The van der Waals surface area contributed by atoms with Gasteiger partial charge in [-0.1, -0.05) is 36.4 Å². The lowest BCUT2D eigenvalue weighted by molar-refractivity contribution is 0.534. The van der Waals surface area contributed by atoms with Crippen LogP contribution in [0.2, 0.25) is 0 Å². The van der Waals surface area contributed by atoms with Gasteiger partial charge in [-0.05, 0) is 52.3 Å². The van der Waals surface area contributed by atoms with Gasteiger partial charge < -0.3 is 15.1 Å². The van der Waals surface area contributed by atoms with E-state index in [0.29, 0.717) is 22.3 Å². The zero-order valence-electron chi connectivity index (χ0n) is 15.1. The van der Waals surface area contributed by atoms with E-state index in [1.807, 2.05) is 60.7 Å². The lowest BCUT2D eigenvalue weighted by Crippen LogP contribution is -2.07. The number of para-hydroxylation sites is 2. The van der Waals surface area contributed by atoms with Crippen LogP contribution in [0, 0.1) is 0 Å². The summed E-state index contributed by atoms with van der Waals surface area (Å²) in [6.07, 6.45) is 1.53. The quantitative estimate of drug-likeness (QED) is 0.264. The number of rotatable bonds is 7. The Bertz CT molecular complexity index is 1040. The van der Waals surface area contributed by atoms with Crippen molar-refractivity contribution in [1.82, 2.24) is 15.0 Å². The van der Waals surface area contributed by atoms with E-state index in [-0.39, 0.29) is 5.95 Å². The van der Waals surface area contributed by atoms with Gasteiger partial charge in [-0.2, -0.15) is 20.1 Å². The fourth-order valence-corrected chi connectivity index (χ4v) is 2.71. The van der Waals surface area contributed by atoms with E-state index in [1.165, 1.54) is 6.21 Å². The Labute approximate surface area is 175 Å². The summed E-state index contributed by atoms with van der Waals surface area (Å²) in [4.78, 5) is 13.2. The summed E-state index contributed by atoms with van der Waals surface area (Å²) < 4.78 is 6.00. The van der Waals surface area contributed by atoms with Crippen molar-refractivity contribution in [3.63, 3.8) is 0 Å². The zero-order valence-corrected chi connectivity index (χ0v) is 16.7. The molecule has 0 saturated heterocycles. The largest absolute Gasteiger partial charge is 0.448 e. The number of hydrogen-bond donors (Lipinski definition) is 3. The molecular formula is C20H16BrN7O.